The molecular formula is C13H17N3O3. The summed E-state index contributed by atoms with van der Waals surface area (Å²) in [7, 11) is 0. The average molecular weight is 263 g/mol. The van der Waals surface area contributed by atoms with E-state index in [1.807, 2.05) is 6.92 Å². The van der Waals surface area contributed by atoms with Crippen molar-refractivity contribution >= 4 is 17.3 Å². The van der Waals surface area contributed by atoms with E-state index < -0.39 is 4.92 Å². The van der Waals surface area contributed by atoms with Crippen LogP contribution in [0.15, 0.2) is 18.2 Å². The molecule has 0 spiro atoms. The van der Waals surface area contributed by atoms with E-state index in [1.54, 1.807) is 19.1 Å². The van der Waals surface area contributed by atoms with Crippen LogP contribution in [0.25, 0.3) is 0 Å². The van der Waals surface area contributed by atoms with E-state index >= 15 is 0 Å². The number of benzene rings is 1. The summed E-state index contributed by atoms with van der Waals surface area (Å²) in [5.74, 6) is -0.167. The molecule has 102 valence electrons. The first-order valence-electron chi connectivity index (χ1n) is 6.29. The van der Waals surface area contributed by atoms with Crippen molar-refractivity contribution in [1.29, 1.82) is 0 Å². The highest BCUT2D eigenvalue weighted by molar-refractivity contribution is 5.94. The summed E-state index contributed by atoms with van der Waals surface area (Å²) in [6, 6.07) is 4.84. The van der Waals surface area contributed by atoms with E-state index in [9.17, 15) is 14.9 Å². The van der Waals surface area contributed by atoms with Crippen LogP contribution in [0, 0.1) is 23.0 Å². The van der Waals surface area contributed by atoms with Crippen LogP contribution in [0.2, 0.25) is 0 Å². The van der Waals surface area contributed by atoms with Gasteiger partial charge in [0.15, 0.2) is 0 Å². The van der Waals surface area contributed by atoms with Crippen LogP contribution in [-0.2, 0) is 4.79 Å². The normalized spacial score (nSPS) is 22.2. The van der Waals surface area contributed by atoms with E-state index in [0.717, 1.165) is 13.0 Å². The van der Waals surface area contributed by atoms with Gasteiger partial charge in [-0.3, -0.25) is 14.9 Å². The zero-order valence-electron chi connectivity index (χ0n) is 11.0. The van der Waals surface area contributed by atoms with Crippen LogP contribution < -0.4 is 10.6 Å². The fourth-order valence-corrected chi connectivity index (χ4v) is 2.40. The number of amides is 1. The Bertz CT molecular complexity index is 516. The van der Waals surface area contributed by atoms with Gasteiger partial charge in [0.05, 0.1) is 22.1 Å². The van der Waals surface area contributed by atoms with Gasteiger partial charge in [-0.15, -0.1) is 0 Å². The van der Waals surface area contributed by atoms with Crippen molar-refractivity contribution in [1.82, 2.24) is 5.32 Å². The number of rotatable bonds is 3. The summed E-state index contributed by atoms with van der Waals surface area (Å²) >= 11 is 0. The molecule has 6 heteroatoms. The van der Waals surface area contributed by atoms with Crippen LogP contribution in [0.1, 0.15) is 18.9 Å². The SMILES string of the molecule is Cc1c(NC(=O)C2CCNC2C)cccc1[N+](=O)[O-]. The van der Waals surface area contributed by atoms with E-state index in [0.29, 0.717) is 11.3 Å². The van der Waals surface area contributed by atoms with Crippen LogP contribution in [-0.4, -0.2) is 23.4 Å². The van der Waals surface area contributed by atoms with Crippen molar-refractivity contribution in [3.05, 3.63) is 33.9 Å². The van der Waals surface area contributed by atoms with Gasteiger partial charge in [-0.25, -0.2) is 0 Å². The maximum atomic E-state index is 12.1. The molecule has 19 heavy (non-hydrogen) atoms. The van der Waals surface area contributed by atoms with E-state index in [2.05, 4.69) is 10.6 Å². The molecule has 1 aliphatic heterocycles. The lowest BCUT2D eigenvalue weighted by Crippen LogP contribution is -2.32. The third-order valence-electron chi connectivity index (χ3n) is 3.62. The Morgan fingerprint density at radius 2 is 2.26 bits per heavy atom. The highest BCUT2D eigenvalue weighted by atomic mass is 16.6. The molecule has 1 fully saturated rings. The lowest BCUT2D eigenvalue weighted by Gasteiger charge is -2.16. The van der Waals surface area contributed by atoms with Crippen LogP contribution >= 0.6 is 0 Å². The molecule has 0 aromatic heterocycles. The minimum absolute atomic E-state index is 0.0235. The van der Waals surface area contributed by atoms with E-state index in [1.165, 1.54) is 6.07 Å². The summed E-state index contributed by atoms with van der Waals surface area (Å²) < 4.78 is 0. The number of nitrogens with zero attached hydrogens (tertiary/aromatic N) is 1. The third kappa shape index (κ3) is 2.73. The molecule has 0 saturated carbocycles. The van der Waals surface area contributed by atoms with Crippen LogP contribution in [0.5, 0.6) is 0 Å². The molecule has 2 rings (SSSR count). The smallest absolute Gasteiger partial charge is 0.274 e. The van der Waals surface area contributed by atoms with Gasteiger partial charge >= 0.3 is 0 Å². The minimum atomic E-state index is -0.440. The highest BCUT2D eigenvalue weighted by Crippen LogP contribution is 2.26. The highest BCUT2D eigenvalue weighted by Gasteiger charge is 2.29. The number of hydrogen-bond donors (Lipinski definition) is 2. The summed E-state index contributed by atoms with van der Waals surface area (Å²) in [6.07, 6.45) is 0.793. The molecule has 1 aromatic carbocycles. The number of nitro groups is 1. The second kappa shape index (κ2) is 5.36. The number of carbonyl (C=O) groups is 1. The van der Waals surface area contributed by atoms with Crippen molar-refractivity contribution in [3.8, 4) is 0 Å². The van der Waals surface area contributed by atoms with Crippen molar-refractivity contribution in [2.24, 2.45) is 5.92 Å². The largest absolute Gasteiger partial charge is 0.325 e. The van der Waals surface area contributed by atoms with Crippen molar-refractivity contribution < 1.29 is 9.72 Å². The second-order valence-electron chi connectivity index (χ2n) is 4.83. The molecule has 1 saturated heterocycles. The van der Waals surface area contributed by atoms with Gasteiger partial charge in [-0.05, 0) is 32.9 Å². The minimum Gasteiger partial charge on any atom is -0.325 e. The van der Waals surface area contributed by atoms with Gasteiger partial charge in [0.1, 0.15) is 0 Å². The molecular weight excluding hydrogens is 246 g/mol. The maximum Gasteiger partial charge on any atom is 0.274 e. The van der Waals surface area contributed by atoms with Crippen LogP contribution in [0.3, 0.4) is 0 Å². The van der Waals surface area contributed by atoms with E-state index in [4.69, 9.17) is 0 Å². The zero-order valence-corrected chi connectivity index (χ0v) is 11.0. The van der Waals surface area contributed by atoms with Gasteiger partial charge in [0.25, 0.3) is 5.69 Å². The predicted octanol–water partition coefficient (Wildman–Crippen LogP) is 1.84. The van der Waals surface area contributed by atoms with Crippen LogP contribution in [0.4, 0.5) is 11.4 Å². The average Bonchev–Trinajstić information content (AvgIpc) is 2.77. The first-order valence-corrected chi connectivity index (χ1v) is 6.29. The molecule has 6 nitrogen and oxygen atoms in total. The quantitative estimate of drug-likeness (QED) is 0.643. The molecule has 1 aliphatic rings. The molecule has 0 aliphatic carbocycles. The lowest BCUT2D eigenvalue weighted by atomic mass is 10.0. The number of carbonyl (C=O) groups excluding carboxylic acids is 1. The molecule has 1 aromatic rings. The van der Waals surface area contributed by atoms with Gasteiger partial charge in [-0.1, -0.05) is 6.07 Å². The molecule has 0 radical (unpaired) electrons. The molecule has 0 bridgehead atoms. The number of hydrogen-bond acceptors (Lipinski definition) is 4. The number of anilines is 1. The molecule has 1 amide bonds. The van der Waals surface area contributed by atoms with Gasteiger partial charge in [0.2, 0.25) is 5.91 Å². The Morgan fingerprint density at radius 1 is 1.53 bits per heavy atom. The number of nitro benzene ring substituents is 1. The Balaban J connectivity index is 2.17. The van der Waals surface area contributed by atoms with E-state index in [-0.39, 0.29) is 23.6 Å². The summed E-state index contributed by atoms with van der Waals surface area (Å²) in [5.41, 5.74) is 1.02. The summed E-state index contributed by atoms with van der Waals surface area (Å²) in [5, 5.41) is 16.9. The third-order valence-corrected chi connectivity index (χ3v) is 3.62. The topological polar surface area (TPSA) is 84.3 Å². The molecule has 2 unspecified atom stereocenters. The maximum absolute atomic E-state index is 12.1. The van der Waals surface area contributed by atoms with Crippen molar-refractivity contribution in [2.75, 3.05) is 11.9 Å². The molecule has 2 N–H and O–H groups in total. The Morgan fingerprint density at radius 3 is 2.84 bits per heavy atom. The summed E-state index contributed by atoms with van der Waals surface area (Å²) in [4.78, 5) is 22.5. The van der Waals surface area contributed by atoms with Gasteiger partial charge in [-0.2, -0.15) is 0 Å². The van der Waals surface area contributed by atoms with Gasteiger partial charge < -0.3 is 10.6 Å². The van der Waals surface area contributed by atoms with Crippen molar-refractivity contribution in [2.45, 2.75) is 26.3 Å². The molecule has 1 heterocycles. The second-order valence-corrected chi connectivity index (χ2v) is 4.83. The number of nitrogens with one attached hydrogen (secondary N) is 2. The first-order chi connectivity index (χ1) is 9.00. The Kier molecular flexibility index (Phi) is 3.80. The predicted molar refractivity (Wildman–Crippen MR) is 72.0 cm³/mol. The summed E-state index contributed by atoms with van der Waals surface area (Å²) in [6.45, 7) is 4.44. The lowest BCUT2D eigenvalue weighted by molar-refractivity contribution is -0.385. The first kappa shape index (κ1) is 13.5. The monoisotopic (exact) mass is 263 g/mol. The molecule has 2 atom stereocenters. The standard InChI is InChI=1S/C13H17N3O3/c1-8-11(4-3-5-12(8)16(18)19)15-13(17)10-6-7-14-9(10)2/h3-5,9-10,14H,6-7H2,1-2H3,(H,15,17). The Labute approximate surface area is 111 Å². The fourth-order valence-electron chi connectivity index (χ4n) is 2.40. The zero-order chi connectivity index (χ0) is 14.0. The van der Waals surface area contributed by atoms with Gasteiger partial charge in [0, 0.05) is 12.1 Å². The van der Waals surface area contributed by atoms with Crippen molar-refractivity contribution in [3.63, 3.8) is 0 Å². The Hall–Kier alpha value is -1.95. The fraction of sp³-hybridized carbons (Fsp3) is 0.462.